The lowest BCUT2D eigenvalue weighted by Crippen LogP contribution is -2.35. The highest BCUT2D eigenvalue weighted by molar-refractivity contribution is 4.84. The van der Waals surface area contributed by atoms with Crippen LogP contribution in [0.15, 0.2) is 0 Å². The first-order valence-corrected chi connectivity index (χ1v) is 13.9. The molecule has 0 saturated heterocycles. The topological polar surface area (TPSA) is 9.23 Å². The van der Waals surface area contributed by atoms with Crippen LogP contribution >= 0.6 is 0 Å². The summed E-state index contributed by atoms with van der Waals surface area (Å²) in [6, 6.07) is 0. The molecule has 0 spiro atoms. The Kier molecular flexibility index (Phi) is 17.5. The van der Waals surface area contributed by atoms with Crippen molar-refractivity contribution in [2.45, 2.75) is 151 Å². The fraction of sp³-hybridized carbons (Fsp3) is 1.00. The molecule has 182 valence electrons. The maximum Gasteiger partial charge on any atom is 0.0657 e. The van der Waals surface area contributed by atoms with E-state index in [0.717, 1.165) is 36.2 Å². The van der Waals surface area contributed by atoms with Crippen LogP contribution in [0.5, 0.6) is 0 Å². The number of ether oxygens (including phenoxy) is 1. The van der Waals surface area contributed by atoms with Gasteiger partial charge in [-0.05, 0) is 68.6 Å². The molecule has 0 aromatic heterocycles. The average molecular weight is 425 g/mol. The summed E-state index contributed by atoms with van der Waals surface area (Å²) in [5, 5.41) is 0. The highest BCUT2D eigenvalue weighted by Gasteiger charge is 2.33. The summed E-state index contributed by atoms with van der Waals surface area (Å²) in [6.45, 7) is 22.6. The SMILES string of the molecule is CCCCCCCOC(C)(CCCC)CC(CC(C)C(C)CC)C(CC)CC(C)C. The molecule has 0 bridgehead atoms. The van der Waals surface area contributed by atoms with Gasteiger partial charge >= 0.3 is 0 Å². The lowest BCUT2D eigenvalue weighted by Gasteiger charge is -2.39. The molecule has 1 heteroatoms. The second-order valence-corrected chi connectivity index (χ2v) is 11.2. The minimum Gasteiger partial charge on any atom is -0.375 e. The van der Waals surface area contributed by atoms with Gasteiger partial charge in [0.05, 0.1) is 5.60 Å². The standard InChI is InChI=1S/C29H60O/c1-10-14-16-17-18-20-30-29(9,19-15-11-2)23-28(22-26(8)25(7)12-3)27(13-4)21-24(5)6/h24-28H,10-23H2,1-9H3. The minimum atomic E-state index is 0.0605. The molecule has 0 radical (unpaired) electrons. The summed E-state index contributed by atoms with van der Waals surface area (Å²) in [5.74, 6) is 4.06. The number of hydrogen-bond acceptors (Lipinski definition) is 1. The molecule has 0 rings (SSSR count). The fourth-order valence-corrected chi connectivity index (χ4v) is 5.22. The third kappa shape index (κ3) is 13.4. The first-order valence-electron chi connectivity index (χ1n) is 13.9. The van der Waals surface area contributed by atoms with Gasteiger partial charge < -0.3 is 4.74 Å². The van der Waals surface area contributed by atoms with E-state index >= 15 is 0 Å². The zero-order valence-corrected chi connectivity index (χ0v) is 22.7. The molecule has 1 nitrogen and oxygen atoms in total. The van der Waals surface area contributed by atoms with Crippen LogP contribution in [-0.2, 0) is 4.74 Å². The van der Waals surface area contributed by atoms with Gasteiger partial charge in [0.2, 0.25) is 0 Å². The maximum absolute atomic E-state index is 6.71. The molecule has 30 heavy (non-hydrogen) atoms. The summed E-state index contributed by atoms with van der Waals surface area (Å²) < 4.78 is 6.71. The molecule has 0 aromatic carbocycles. The van der Waals surface area contributed by atoms with Gasteiger partial charge in [-0.25, -0.2) is 0 Å². The van der Waals surface area contributed by atoms with Gasteiger partial charge in [-0.2, -0.15) is 0 Å². The summed E-state index contributed by atoms with van der Waals surface area (Å²) in [7, 11) is 0. The molecule has 0 aliphatic rings. The zero-order valence-electron chi connectivity index (χ0n) is 22.7. The van der Waals surface area contributed by atoms with Crippen molar-refractivity contribution in [3.8, 4) is 0 Å². The van der Waals surface area contributed by atoms with E-state index in [-0.39, 0.29) is 5.60 Å². The van der Waals surface area contributed by atoms with E-state index in [1.165, 1.54) is 83.5 Å². The van der Waals surface area contributed by atoms with Crippen molar-refractivity contribution in [1.82, 2.24) is 0 Å². The molecule has 0 amide bonds. The Morgan fingerprint density at radius 1 is 0.667 bits per heavy atom. The van der Waals surface area contributed by atoms with Crippen LogP contribution in [0.1, 0.15) is 146 Å². The molecule has 0 aliphatic carbocycles. The highest BCUT2D eigenvalue weighted by Crippen LogP contribution is 2.39. The molecule has 0 heterocycles. The van der Waals surface area contributed by atoms with Crippen molar-refractivity contribution in [3.63, 3.8) is 0 Å². The zero-order chi connectivity index (χ0) is 23.0. The Labute approximate surface area is 192 Å². The van der Waals surface area contributed by atoms with Crippen molar-refractivity contribution in [3.05, 3.63) is 0 Å². The number of hydrogen-bond donors (Lipinski definition) is 0. The molecule has 5 unspecified atom stereocenters. The molecule has 0 N–H and O–H groups in total. The van der Waals surface area contributed by atoms with Crippen molar-refractivity contribution in [1.29, 1.82) is 0 Å². The van der Waals surface area contributed by atoms with Gasteiger partial charge in [0.1, 0.15) is 0 Å². The van der Waals surface area contributed by atoms with E-state index in [9.17, 15) is 0 Å². The normalized spacial score (nSPS) is 18.2. The van der Waals surface area contributed by atoms with Crippen molar-refractivity contribution in [2.75, 3.05) is 6.61 Å². The lowest BCUT2D eigenvalue weighted by atomic mass is 9.71. The van der Waals surface area contributed by atoms with E-state index in [1.807, 2.05) is 0 Å². The molecule has 5 atom stereocenters. The van der Waals surface area contributed by atoms with Gasteiger partial charge in [0.15, 0.2) is 0 Å². The Morgan fingerprint density at radius 3 is 1.83 bits per heavy atom. The van der Waals surface area contributed by atoms with E-state index in [1.54, 1.807) is 0 Å². The second kappa shape index (κ2) is 17.5. The van der Waals surface area contributed by atoms with Gasteiger partial charge in [-0.15, -0.1) is 0 Å². The van der Waals surface area contributed by atoms with Crippen molar-refractivity contribution >= 4 is 0 Å². The van der Waals surface area contributed by atoms with Crippen LogP contribution in [0.25, 0.3) is 0 Å². The van der Waals surface area contributed by atoms with Crippen LogP contribution in [-0.4, -0.2) is 12.2 Å². The molecule has 0 aliphatic heterocycles. The largest absolute Gasteiger partial charge is 0.375 e. The van der Waals surface area contributed by atoms with Crippen molar-refractivity contribution in [2.24, 2.45) is 29.6 Å². The van der Waals surface area contributed by atoms with Crippen molar-refractivity contribution < 1.29 is 4.74 Å². The molecule has 0 fully saturated rings. The summed E-state index contributed by atoms with van der Waals surface area (Å²) >= 11 is 0. The fourth-order valence-electron chi connectivity index (χ4n) is 5.22. The Hall–Kier alpha value is -0.0400. The van der Waals surface area contributed by atoms with E-state index in [0.29, 0.717) is 0 Å². The summed E-state index contributed by atoms with van der Waals surface area (Å²) in [5.41, 5.74) is 0.0605. The summed E-state index contributed by atoms with van der Waals surface area (Å²) in [6.07, 6.45) is 17.0. The van der Waals surface area contributed by atoms with Gasteiger partial charge in [-0.1, -0.05) is 107 Å². The van der Waals surface area contributed by atoms with Gasteiger partial charge in [-0.3, -0.25) is 0 Å². The van der Waals surface area contributed by atoms with Crippen LogP contribution < -0.4 is 0 Å². The highest BCUT2D eigenvalue weighted by atomic mass is 16.5. The molecular weight excluding hydrogens is 364 g/mol. The number of rotatable bonds is 20. The Balaban J connectivity index is 5.24. The second-order valence-electron chi connectivity index (χ2n) is 11.2. The Morgan fingerprint density at radius 2 is 1.30 bits per heavy atom. The lowest BCUT2D eigenvalue weighted by molar-refractivity contribution is -0.0653. The first kappa shape index (κ1) is 30.0. The minimum absolute atomic E-state index is 0.0605. The van der Waals surface area contributed by atoms with E-state index in [4.69, 9.17) is 4.74 Å². The monoisotopic (exact) mass is 424 g/mol. The summed E-state index contributed by atoms with van der Waals surface area (Å²) in [4.78, 5) is 0. The third-order valence-electron chi connectivity index (χ3n) is 7.71. The maximum atomic E-state index is 6.71. The molecular formula is C29H60O. The van der Waals surface area contributed by atoms with E-state index < -0.39 is 0 Å². The smallest absolute Gasteiger partial charge is 0.0657 e. The first-order chi connectivity index (χ1) is 14.2. The quantitative estimate of drug-likeness (QED) is 0.177. The third-order valence-corrected chi connectivity index (χ3v) is 7.71. The van der Waals surface area contributed by atoms with Gasteiger partial charge in [0.25, 0.3) is 0 Å². The number of unbranched alkanes of at least 4 members (excludes halogenated alkanes) is 5. The van der Waals surface area contributed by atoms with E-state index in [2.05, 4.69) is 62.3 Å². The van der Waals surface area contributed by atoms with Crippen LogP contribution in [0.2, 0.25) is 0 Å². The van der Waals surface area contributed by atoms with Crippen LogP contribution in [0.4, 0.5) is 0 Å². The van der Waals surface area contributed by atoms with Crippen LogP contribution in [0.3, 0.4) is 0 Å². The average Bonchev–Trinajstić information content (AvgIpc) is 2.71. The molecule has 0 saturated carbocycles. The predicted molar refractivity (Wildman–Crippen MR) is 137 cm³/mol. The Bertz CT molecular complexity index is 377. The predicted octanol–water partition coefficient (Wildman–Crippen LogP) is 10.1. The molecule has 0 aromatic rings. The van der Waals surface area contributed by atoms with Crippen LogP contribution in [0, 0.1) is 29.6 Å². The van der Waals surface area contributed by atoms with Gasteiger partial charge in [0, 0.05) is 6.61 Å².